The van der Waals surface area contributed by atoms with Crippen molar-refractivity contribution < 1.29 is 0 Å². The van der Waals surface area contributed by atoms with Crippen LogP contribution in [-0.4, -0.2) is 0 Å². The zero-order chi connectivity index (χ0) is 4.12. The molecule has 0 radical (unpaired) electrons. The third-order valence-corrected chi connectivity index (χ3v) is 0.235. The molecule has 0 aliphatic carbocycles. The van der Waals surface area contributed by atoms with Crippen molar-refractivity contribution in [3.63, 3.8) is 0 Å². The maximum Gasteiger partial charge on any atom is 0.300 e. The number of hydrogen-bond donors (Lipinski definition) is 0. The molecule has 0 aromatic carbocycles. The van der Waals surface area contributed by atoms with Gasteiger partial charge in [0, 0.05) is 0 Å². The Balaban J connectivity index is 3.04. The van der Waals surface area contributed by atoms with Crippen molar-refractivity contribution in [3.8, 4) is 6.57 Å². The van der Waals surface area contributed by atoms with Gasteiger partial charge in [0.2, 0.25) is 0 Å². The van der Waals surface area contributed by atoms with E-state index >= 15 is 0 Å². The molecule has 0 rings (SSSR count). The quantitative estimate of drug-likeness (QED) is 0.405. The standard InChI is InChI=1S/C4H6N/c1-3-4-5-2/h2-4H,1H3/q+1/b4-3-. The average molecular weight is 68.1 g/mol. The summed E-state index contributed by atoms with van der Waals surface area (Å²) in [5, 5.41) is 0. The van der Waals surface area contributed by atoms with Gasteiger partial charge in [-0.05, 0) is 17.8 Å². The Morgan fingerprint density at radius 1 is 1.80 bits per heavy atom. The highest BCUT2D eigenvalue weighted by atomic mass is 14.6. The van der Waals surface area contributed by atoms with Crippen LogP contribution in [0.1, 0.15) is 6.92 Å². The van der Waals surface area contributed by atoms with Gasteiger partial charge in [0.15, 0.2) is 0 Å². The Hall–Kier alpha value is -0.770. The Kier molecular flexibility index (Phi) is 2.73. The van der Waals surface area contributed by atoms with Crippen LogP contribution in [-0.2, 0) is 0 Å². The van der Waals surface area contributed by atoms with Crippen LogP contribution in [0.15, 0.2) is 12.3 Å². The van der Waals surface area contributed by atoms with Crippen molar-refractivity contribution in [3.05, 3.63) is 17.1 Å². The van der Waals surface area contributed by atoms with Crippen LogP contribution < -0.4 is 0 Å². The highest BCUT2D eigenvalue weighted by molar-refractivity contribution is 4.88. The van der Waals surface area contributed by atoms with E-state index in [4.69, 9.17) is 0 Å². The SMILES string of the molecule is C#[N+]/C=C\C. The van der Waals surface area contributed by atoms with Gasteiger partial charge in [0.05, 0.1) is 0 Å². The third-order valence-electron chi connectivity index (χ3n) is 0.235. The smallest absolute Gasteiger partial charge is 0.0477 e. The topological polar surface area (TPSA) is 4.36 Å². The monoisotopic (exact) mass is 68.0 g/mol. The van der Waals surface area contributed by atoms with Crippen molar-refractivity contribution in [2.75, 3.05) is 0 Å². The molecular weight excluding hydrogens is 62.1 g/mol. The summed E-state index contributed by atoms with van der Waals surface area (Å²) in [6.45, 7) is 6.53. The lowest BCUT2D eigenvalue weighted by Crippen LogP contribution is -1.28. The molecule has 0 aromatic rings. The summed E-state index contributed by atoms with van der Waals surface area (Å²) >= 11 is 0. The van der Waals surface area contributed by atoms with Gasteiger partial charge >= 0.3 is 6.20 Å². The van der Waals surface area contributed by atoms with Gasteiger partial charge in [-0.2, -0.15) is 0 Å². The fourth-order valence-corrected chi connectivity index (χ4v) is 0.0861. The van der Waals surface area contributed by atoms with E-state index in [0.29, 0.717) is 0 Å². The van der Waals surface area contributed by atoms with Crippen LogP contribution in [0.4, 0.5) is 0 Å². The van der Waals surface area contributed by atoms with Gasteiger partial charge < -0.3 is 0 Å². The van der Waals surface area contributed by atoms with Crippen LogP contribution in [0.2, 0.25) is 0 Å². The van der Waals surface area contributed by atoms with Crippen LogP contribution in [0.3, 0.4) is 0 Å². The van der Waals surface area contributed by atoms with E-state index in [-0.39, 0.29) is 0 Å². The number of nitrogens with zero attached hydrogens (tertiary/aromatic N) is 1. The minimum absolute atomic E-state index is 1.53. The minimum atomic E-state index is 1.53. The minimum Gasteiger partial charge on any atom is -0.0477 e. The van der Waals surface area contributed by atoms with Gasteiger partial charge in [-0.15, -0.1) is 0 Å². The Morgan fingerprint density at radius 3 is 2.40 bits per heavy atom. The predicted molar refractivity (Wildman–Crippen MR) is 23.1 cm³/mol. The normalized spacial score (nSPS) is 8.00. The maximum atomic E-state index is 4.68. The lowest BCUT2D eigenvalue weighted by molar-refractivity contribution is 1.74. The fourth-order valence-electron chi connectivity index (χ4n) is 0.0861. The maximum absolute atomic E-state index is 4.68. The number of allylic oxidation sites excluding steroid dienone is 1. The first-order valence-electron chi connectivity index (χ1n) is 1.43. The van der Waals surface area contributed by atoms with E-state index in [1.54, 1.807) is 6.08 Å². The molecule has 0 spiro atoms. The first-order chi connectivity index (χ1) is 2.41. The van der Waals surface area contributed by atoms with E-state index in [1.807, 2.05) is 6.92 Å². The van der Waals surface area contributed by atoms with Gasteiger partial charge in [0.25, 0.3) is 6.57 Å². The summed E-state index contributed by atoms with van der Waals surface area (Å²) < 4.78 is 0. The number of hydrogen-bond acceptors (Lipinski definition) is 0. The molecule has 0 aliphatic rings. The van der Waals surface area contributed by atoms with Crippen molar-refractivity contribution in [2.45, 2.75) is 6.92 Å². The first kappa shape index (κ1) is 4.23. The molecular formula is C4H6N+. The summed E-state index contributed by atoms with van der Waals surface area (Å²) in [5.41, 5.74) is 0. The van der Waals surface area contributed by atoms with Crippen LogP contribution in [0, 0.1) is 6.57 Å². The van der Waals surface area contributed by atoms with Gasteiger partial charge in [-0.1, -0.05) is 0 Å². The largest absolute Gasteiger partial charge is 0.300 e. The molecule has 0 bridgehead atoms. The van der Waals surface area contributed by atoms with Crippen molar-refractivity contribution in [1.29, 1.82) is 0 Å². The van der Waals surface area contributed by atoms with Gasteiger partial charge in [0.1, 0.15) is 0 Å². The summed E-state index contributed by atoms with van der Waals surface area (Å²) in [6.07, 6.45) is 3.29. The van der Waals surface area contributed by atoms with E-state index in [1.165, 1.54) is 6.20 Å². The van der Waals surface area contributed by atoms with E-state index in [2.05, 4.69) is 11.4 Å². The zero-order valence-corrected chi connectivity index (χ0v) is 3.18. The molecule has 0 aromatic heterocycles. The molecule has 0 unspecified atom stereocenters. The van der Waals surface area contributed by atoms with E-state index < -0.39 is 0 Å². The lowest BCUT2D eigenvalue weighted by Gasteiger charge is -1.38. The molecule has 1 heteroatoms. The molecule has 26 valence electrons. The predicted octanol–water partition coefficient (Wildman–Crippen LogP) is 1.48. The van der Waals surface area contributed by atoms with Crippen molar-refractivity contribution in [1.82, 2.24) is 0 Å². The first-order valence-corrected chi connectivity index (χ1v) is 1.43. The molecule has 0 fully saturated rings. The molecule has 0 saturated carbocycles. The Morgan fingerprint density at radius 2 is 2.40 bits per heavy atom. The van der Waals surface area contributed by atoms with Gasteiger partial charge in [-0.25, -0.2) is 0 Å². The molecule has 0 amide bonds. The van der Waals surface area contributed by atoms with E-state index in [0.717, 1.165) is 0 Å². The number of rotatable bonds is 0. The summed E-state index contributed by atoms with van der Waals surface area (Å²) in [4.78, 5) is 3.17. The third kappa shape index (κ3) is 3.23. The second-order valence-electron chi connectivity index (χ2n) is 0.631. The molecule has 5 heavy (non-hydrogen) atoms. The molecule has 0 atom stereocenters. The van der Waals surface area contributed by atoms with Crippen molar-refractivity contribution >= 4 is 0 Å². The average Bonchev–Trinajstić information content (AvgIpc) is 1.41. The zero-order valence-electron chi connectivity index (χ0n) is 3.18. The van der Waals surface area contributed by atoms with Crippen LogP contribution in [0.5, 0.6) is 0 Å². The van der Waals surface area contributed by atoms with Crippen LogP contribution in [0.25, 0.3) is 4.85 Å². The molecule has 0 aliphatic heterocycles. The van der Waals surface area contributed by atoms with Crippen LogP contribution >= 0.6 is 0 Å². The second kappa shape index (κ2) is 3.23. The fraction of sp³-hybridized carbons (Fsp3) is 0.250. The Bertz CT molecular complexity index is 66.2. The van der Waals surface area contributed by atoms with E-state index in [9.17, 15) is 0 Å². The lowest BCUT2D eigenvalue weighted by atomic mass is 10.7. The molecule has 0 N–H and O–H groups in total. The molecule has 0 saturated heterocycles. The Labute approximate surface area is 31.7 Å². The molecule has 1 nitrogen and oxygen atoms in total. The summed E-state index contributed by atoms with van der Waals surface area (Å²) in [7, 11) is 0. The summed E-state index contributed by atoms with van der Waals surface area (Å²) in [6, 6.07) is 0. The summed E-state index contributed by atoms with van der Waals surface area (Å²) in [5.74, 6) is 0. The highest BCUT2D eigenvalue weighted by Gasteiger charge is 1.57. The second-order valence-corrected chi connectivity index (χ2v) is 0.631. The van der Waals surface area contributed by atoms with Crippen molar-refractivity contribution in [2.24, 2.45) is 0 Å². The molecule has 0 heterocycles. The highest BCUT2D eigenvalue weighted by Crippen LogP contribution is 1.64. The van der Waals surface area contributed by atoms with Gasteiger partial charge in [-0.3, -0.25) is 0 Å².